The highest BCUT2D eigenvalue weighted by Gasteiger charge is 2.43. The van der Waals surface area contributed by atoms with Gasteiger partial charge in [-0.1, -0.05) is 6.92 Å². The molecule has 18 heavy (non-hydrogen) atoms. The highest BCUT2D eigenvalue weighted by atomic mass is 16.4. The van der Waals surface area contributed by atoms with Gasteiger partial charge in [0, 0.05) is 18.0 Å². The lowest BCUT2D eigenvalue weighted by Crippen LogP contribution is -2.45. The normalized spacial score (nSPS) is 34.8. The van der Waals surface area contributed by atoms with Crippen molar-refractivity contribution in [3.63, 3.8) is 0 Å². The van der Waals surface area contributed by atoms with E-state index in [0.717, 1.165) is 19.4 Å². The lowest BCUT2D eigenvalue weighted by atomic mass is 9.96. The maximum atomic E-state index is 12.5. The first-order valence-electron chi connectivity index (χ1n) is 6.85. The van der Waals surface area contributed by atoms with Crippen LogP contribution in [0.25, 0.3) is 0 Å². The molecule has 1 aliphatic carbocycles. The van der Waals surface area contributed by atoms with Crippen molar-refractivity contribution in [1.29, 1.82) is 0 Å². The van der Waals surface area contributed by atoms with E-state index in [1.807, 2.05) is 4.90 Å². The second-order valence-corrected chi connectivity index (χ2v) is 6.62. The standard InChI is InChI=1S/C14H23NO3/c1-9-7-14(2,3)15(8-9)12(16)10-4-5-11(6-10)13(17)18/h9-11H,4-8H2,1-3H3,(H,17,18)/t9?,10-,11+/m1/s1. The average molecular weight is 253 g/mol. The summed E-state index contributed by atoms with van der Waals surface area (Å²) in [5.41, 5.74) is -0.0716. The third-order valence-electron chi connectivity index (χ3n) is 4.47. The number of nitrogens with zero attached hydrogens (tertiary/aromatic N) is 1. The monoisotopic (exact) mass is 253 g/mol. The smallest absolute Gasteiger partial charge is 0.306 e. The summed E-state index contributed by atoms with van der Waals surface area (Å²) in [6.07, 6.45) is 2.94. The van der Waals surface area contributed by atoms with Crippen LogP contribution in [0.5, 0.6) is 0 Å². The fraction of sp³-hybridized carbons (Fsp3) is 0.857. The van der Waals surface area contributed by atoms with Gasteiger partial charge in [0.15, 0.2) is 0 Å². The molecule has 1 heterocycles. The van der Waals surface area contributed by atoms with Crippen LogP contribution in [0.3, 0.4) is 0 Å². The molecule has 2 rings (SSSR count). The van der Waals surface area contributed by atoms with Crippen molar-refractivity contribution in [3.8, 4) is 0 Å². The van der Waals surface area contributed by atoms with Gasteiger partial charge < -0.3 is 10.0 Å². The number of aliphatic carboxylic acids is 1. The Morgan fingerprint density at radius 1 is 1.22 bits per heavy atom. The molecule has 1 amide bonds. The van der Waals surface area contributed by atoms with Crippen molar-refractivity contribution >= 4 is 11.9 Å². The number of carbonyl (C=O) groups is 2. The van der Waals surface area contributed by atoms with Crippen molar-refractivity contribution < 1.29 is 14.7 Å². The van der Waals surface area contributed by atoms with Crippen LogP contribution in [0.4, 0.5) is 0 Å². The Balaban J connectivity index is 2.03. The van der Waals surface area contributed by atoms with E-state index in [4.69, 9.17) is 5.11 Å². The summed E-state index contributed by atoms with van der Waals surface area (Å²) in [6, 6.07) is 0. The second-order valence-electron chi connectivity index (χ2n) is 6.62. The van der Waals surface area contributed by atoms with Crippen LogP contribution in [0.1, 0.15) is 46.5 Å². The van der Waals surface area contributed by atoms with Crippen LogP contribution in [0, 0.1) is 17.8 Å². The third kappa shape index (κ3) is 2.38. The summed E-state index contributed by atoms with van der Waals surface area (Å²) >= 11 is 0. The molecular formula is C14H23NO3. The summed E-state index contributed by atoms with van der Waals surface area (Å²) in [5, 5.41) is 9.00. The second kappa shape index (κ2) is 4.56. The summed E-state index contributed by atoms with van der Waals surface area (Å²) in [5.74, 6) is -0.425. The van der Waals surface area contributed by atoms with Crippen molar-refractivity contribution in [2.75, 3.05) is 6.54 Å². The van der Waals surface area contributed by atoms with Gasteiger partial charge in [-0.05, 0) is 45.4 Å². The number of carbonyl (C=O) groups excluding carboxylic acids is 1. The van der Waals surface area contributed by atoms with Gasteiger partial charge >= 0.3 is 5.97 Å². The van der Waals surface area contributed by atoms with Crippen LogP contribution in [0.15, 0.2) is 0 Å². The number of rotatable bonds is 2. The number of carboxylic acid groups (broad SMARTS) is 1. The van der Waals surface area contributed by atoms with E-state index in [1.165, 1.54) is 0 Å². The molecular weight excluding hydrogens is 230 g/mol. The fourth-order valence-corrected chi connectivity index (χ4v) is 3.63. The molecule has 102 valence electrons. The first kappa shape index (κ1) is 13.4. The largest absolute Gasteiger partial charge is 0.481 e. The van der Waals surface area contributed by atoms with E-state index in [2.05, 4.69) is 20.8 Å². The zero-order chi connectivity index (χ0) is 13.5. The minimum atomic E-state index is -0.751. The SMILES string of the molecule is CC1CN(C(=O)[C@@H]2CC[C@H](C(=O)O)C2)C(C)(C)C1. The number of hydrogen-bond donors (Lipinski definition) is 1. The molecule has 3 atom stereocenters. The van der Waals surface area contributed by atoms with Crippen molar-refractivity contribution in [1.82, 2.24) is 4.90 Å². The zero-order valence-corrected chi connectivity index (χ0v) is 11.5. The quantitative estimate of drug-likeness (QED) is 0.820. The van der Waals surface area contributed by atoms with Gasteiger partial charge in [-0.15, -0.1) is 0 Å². The van der Waals surface area contributed by atoms with Gasteiger partial charge in [0.25, 0.3) is 0 Å². The molecule has 4 nitrogen and oxygen atoms in total. The molecule has 0 spiro atoms. The average Bonchev–Trinajstić information content (AvgIpc) is 2.81. The van der Waals surface area contributed by atoms with E-state index < -0.39 is 5.97 Å². The van der Waals surface area contributed by atoms with E-state index in [0.29, 0.717) is 18.8 Å². The highest BCUT2D eigenvalue weighted by Crippen LogP contribution is 2.38. The number of hydrogen-bond acceptors (Lipinski definition) is 2. The molecule has 0 aromatic rings. The minimum Gasteiger partial charge on any atom is -0.481 e. The van der Waals surface area contributed by atoms with Crippen LogP contribution in [-0.2, 0) is 9.59 Å². The van der Waals surface area contributed by atoms with Gasteiger partial charge in [0.05, 0.1) is 5.92 Å². The molecule has 0 aromatic carbocycles. The molecule has 1 N–H and O–H groups in total. The first-order valence-corrected chi connectivity index (χ1v) is 6.85. The molecule has 2 fully saturated rings. The van der Waals surface area contributed by atoms with Crippen molar-refractivity contribution in [2.24, 2.45) is 17.8 Å². The minimum absolute atomic E-state index is 0.0716. The number of likely N-dealkylation sites (tertiary alicyclic amines) is 1. The molecule has 0 radical (unpaired) electrons. The van der Waals surface area contributed by atoms with E-state index in [9.17, 15) is 9.59 Å². The van der Waals surface area contributed by atoms with Crippen molar-refractivity contribution in [3.05, 3.63) is 0 Å². The Hall–Kier alpha value is -1.06. The molecule has 0 bridgehead atoms. The van der Waals surface area contributed by atoms with Crippen LogP contribution in [0.2, 0.25) is 0 Å². The Morgan fingerprint density at radius 2 is 1.83 bits per heavy atom. The van der Waals surface area contributed by atoms with Gasteiger partial charge in [-0.25, -0.2) is 0 Å². The molecule has 1 saturated heterocycles. The molecule has 2 aliphatic rings. The van der Waals surface area contributed by atoms with E-state index in [1.54, 1.807) is 0 Å². The topological polar surface area (TPSA) is 57.6 Å². The van der Waals surface area contributed by atoms with Crippen molar-refractivity contribution in [2.45, 2.75) is 52.0 Å². The third-order valence-corrected chi connectivity index (χ3v) is 4.47. The number of carboxylic acids is 1. The van der Waals surface area contributed by atoms with Gasteiger partial charge in [-0.2, -0.15) is 0 Å². The Kier molecular flexibility index (Phi) is 3.39. The maximum Gasteiger partial charge on any atom is 0.306 e. The summed E-state index contributed by atoms with van der Waals surface area (Å²) in [6.45, 7) is 7.21. The molecule has 1 aliphatic heterocycles. The first-order chi connectivity index (χ1) is 8.31. The Bertz CT molecular complexity index is 364. The molecule has 0 aromatic heterocycles. The molecule has 1 saturated carbocycles. The summed E-state index contributed by atoms with van der Waals surface area (Å²) in [4.78, 5) is 25.4. The van der Waals surface area contributed by atoms with Gasteiger partial charge in [-0.3, -0.25) is 9.59 Å². The van der Waals surface area contributed by atoms with E-state index >= 15 is 0 Å². The highest BCUT2D eigenvalue weighted by molar-refractivity contribution is 5.82. The zero-order valence-electron chi connectivity index (χ0n) is 11.5. The lowest BCUT2D eigenvalue weighted by molar-refractivity contribution is -0.142. The predicted molar refractivity (Wildman–Crippen MR) is 68.0 cm³/mol. The maximum absolute atomic E-state index is 12.5. The predicted octanol–water partition coefficient (Wildman–Crippen LogP) is 2.13. The summed E-state index contributed by atoms with van der Waals surface area (Å²) in [7, 11) is 0. The van der Waals surface area contributed by atoms with Crippen LogP contribution >= 0.6 is 0 Å². The Labute approximate surface area is 108 Å². The van der Waals surface area contributed by atoms with E-state index in [-0.39, 0.29) is 23.3 Å². The van der Waals surface area contributed by atoms with Crippen LogP contribution < -0.4 is 0 Å². The molecule has 1 unspecified atom stereocenters. The Morgan fingerprint density at radius 3 is 2.28 bits per heavy atom. The summed E-state index contributed by atoms with van der Waals surface area (Å²) < 4.78 is 0. The fourth-order valence-electron chi connectivity index (χ4n) is 3.63. The lowest BCUT2D eigenvalue weighted by Gasteiger charge is -2.33. The van der Waals surface area contributed by atoms with Gasteiger partial charge in [0.2, 0.25) is 5.91 Å². The van der Waals surface area contributed by atoms with Crippen LogP contribution in [-0.4, -0.2) is 34.0 Å². The van der Waals surface area contributed by atoms with Gasteiger partial charge in [0.1, 0.15) is 0 Å². The molecule has 4 heteroatoms. The number of amides is 1.